The SMILES string of the molecule is CC[C@]1(O)CCC[C@H]2CN(C(=O)c3cnc(N)nc3-c3ccccc3)C[C@H]21. The second-order valence-electron chi connectivity index (χ2n) is 7.78. The van der Waals surface area contributed by atoms with Crippen LogP contribution >= 0.6 is 0 Å². The van der Waals surface area contributed by atoms with Crippen molar-refractivity contribution in [2.75, 3.05) is 18.8 Å². The molecule has 6 heteroatoms. The van der Waals surface area contributed by atoms with Crippen molar-refractivity contribution in [1.82, 2.24) is 14.9 Å². The van der Waals surface area contributed by atoms with Gasteiger partial charge < -0.3 is 15.7 Å². The highest BCUT2D eigenvalue weighted by Gasteiger charge is 2.49. The van der Waals surface area contributed by atoms with Gasteiger partial charge in [0, 0.05) is 30.8 Å². The fraction of sp³-hybridized carbons (Fsp3) is 0.476. The zero-order valence-electron chi connectivity index (χ0n) is 15.6. The number of hydrogen-bond donors (Lipinski definition) is 2. The molecule has 2 heterocycles. The normalized spacial score (nSPS) is 27.4. The quantitative estimate of drug-likeness (QED) is 0.871. The van der Waals surface area contributed by atoms with Crippen LogP contribution in [0.3, 0.4) is 0 Å². The highest BCUT2D eigenvalue weighted by molar-refractivity contribution is 6.00. The number of aromatic nitrogens is 2. The summed E-state index contributed by atoms with van der Waals surface area (Å²) in [6, 6.07) is 9.57. The molecule has 2 fully saturated rings. The molecule has 3 atom stereocenters. The Balaban J connectivity index is 1.65. The van der Waals surface area contributed by atoms with E-state index in [2.05, 4.69) is 9.97 Å². The number of rotatable bonds is 3. The number of amides is 1. The Bertz CT molecular complexity index is 841. The number of nitrogen functional groups attached to an aromatic ring is 1. The number of likely N-dealkylation sites (tertiary alicyclic amines) is 1. The smallest absolute Gasteiger partial charge is 0.257 e. The van der Waals surface area contributed by atoms with E-state index < -0.39 is 5.60 Å². The summed E-state index contributed by atoms with van der Waals surface area (Å²) in [7, 11) is 0. The van der Waals surface area contributed by atoms with Crippen LogP contribution < -0.4 is 5.73 Å². The van der Waals surface area contributed by atoms with Crippen LogP contribution in [-0.2, 0) is 0 Å². The first-order valence-corrected chi connectivity index (χ1v) is 9.71. The molecule has 4 rings (SSSR count). The number of carbonyl (C=O) groups excluding carboxylic acids is 1. The average molecular weight is 366 g/mol. The van der Waals surface area contributed by atoms with Crippen LogP contribution in [0.4, 0.5) is 5.95 Å². The Kier molecular flexibility index (Phi) is 4.60. The zero-order chi connectivity index (χ0) is 19.0. The van der Waals surface area contributed by atoms with Gasteiger partial charge >= 0.3 is 0 Å². The van der Waals surface area contributed by atoms with Crippen molar-refractivity contribution in [2.24, 2.45) is 11.8 Å². The molecule has 1 saturated carbocycles. The van der Waals surface area contributed by atoms with Crippen molar-refractivity contribution >= 4 is 11.9 Å². The van der Waals surface area contributed by atoms with E-state index in [4.69, 9.17) is 5.73 Å². The molecule has 1 aromatic heterocycles. The summed E-state index contributed by atoms with van der Waals surface area (Å²) in [5.74, 6) is 0.583. The van der Waals surface area contributed by atoms with E-state index in [0.717, 1.165) is 31.2 Å². The lowest BCUT2D eigenvalue weighted by molar-refractivity contribution is -0.0609. The van der Waals surface area contributed by atoms with Crippen molar-refractivity contribution < 1.29 is 9.90 Å². The topological polar surface area (TPSA) is 92.3 Å². The third-order valence-electron chi connectivity index (χ3n) is 6.30. The number of nitrogens with zero attached hydrogens (tertiary/aromatic N) is 3. The van der Waals surface area contributed by atoms with Gasteiger partial charge in [-0.25, -0.2) is 9.97 Å². The van der Waals surface area contributed by atoms with Crippen molar-refractivity contribution in [3.8, 4) is 11.3 Å². The van der Waals surface area contributed by atoms with Gasteiger partial charge in [0.1, 0.15) is 0 Å². The van der Waals surface area contributed by atoms with E-state index in [9.17, 15) is 9.90 Å². The summed E-state index contributed by atoms with van der Waals surface area (Å²) >= 11 is 0. The fourth-order valence-corrected chi connectivity index (χ4v) is 4.77. The molecule has 1 saturated heterocycles. The lowest BCUT2D eigenvalue weighted by Crippen LogP contribution is -2.44. The second-order valence-corrected chi connectivity index (χ2v) is 7.78. The predicted octanol–water partition coefficient (Wildman–Crippen LogP) is 2.74. The first-order valence-electron chi connectivity index (χ1n) is 9.71. The van der Waals surface area contributed by atoms with Crippen molar-refractivity contribution in [1.29, 1.82) is 0 Å². The third kappa shape index (κ3) is 3.18. The number of hydrogen-bond acceptors (Lipinski definition) is 5. The molecule has 3 N–H and O–H groups in total. The molecule has 142 valence electrons. The standard InChI is InChI=1S/C21H26N4O2/c1-2-21(27)10-6-9-15-12-25(13-17(15)21)19(26)16-11-23-20(22)24-18(16)14-7-4-3-5-8-14/h3-5,7-8,11,15,17,27H,2,6,9-10,12-13H2,1H3,(H2,22,23,24)/t15-,17+,21-/m0/s1. The van der Waals surface area contributed by atoms with Gasteiger partial charge in [-0.1, -0.05) is 43.7 Å². The Hall–Kier alpha value is -2.47. The maximum Gasteiger partial charge on any atom is 0.257 e. The number of fused-ring (bicyclic) bond motifs is 1. The maximum absolute atomic E-state index is 13.3. The van der Waals surface area contributed by atoms with Crippen LogP contribution in [0.2, 0.25) is 0 Å². The van der Waals surface area contributed by atoms with Gasteiger partial charge in [0.2, 0.25) is 5.95 Å². The van der Waals surface area contributed by atoms with E-state index >= 15 is 0 Å². The average Bonchev–Trinajstić information content (AvgIpc) is 3.14. The first kappa shape index (κ1) is 17.9. The number of anilines is 1. The van der Waals surface area contributed by atoms with E-state index in [1.54, 1.807) is 0 Å². The van der Waals surface area contributed by atoms with Crippen molar-refractivity contribution in [3.63, 3.8) is 0 Å². The second kappa shape index (κ2) is 6.93. The Morgan fingerprint density at radius 2 is 2.11 bits per heavy atom. The number of benzene rings is 1. The van der Waals surface area contributed by atoms with E-state index in [0.29, 0.717) is 30.3 Å². The Labute approximate surface area is 159 Å². The van der Waals surface area contributed by atoms with E-state index in [1.807, 2.05) is 42.2 Å². The zero-order valence-corrected chi connectivity index (χ0v) is 15.6. The largest absolute Gasteiger partial charge is 0.390 e. The molecule has 1 amide bonds. The van der Waals surface area contributed by atoms with Crippen LogP contribution in [0, 0.1) is 11.8 Å². The molecule has 0 spiro atoms. The molecule has 1 aliphatic carbocycles. The predicted molar refractivity (Wildman–Crippen MR) is 104 cm³/mol. The molecule has 0 unspecified atom stereocenters. The molecule has 2 aromatic rings. The summed E-state index contributed by atoms with van der Waals surface area (Å²) < 4.78 is 0. The minimum Gasteiger partial charge on any atom is -0.390 e. The van der Waals surface area contributed by atoms with Gasteiger partial charge in [-0.15, -0.1) is 0 Å². The van der Waals surface area contributed by atoms with Crippen LogP contribution in [0.25, 0.3) is 11.3 Å². The highest BCUT2D eigenvalue weighted by atomic mass is 16.3. The van der Waals surface area contributed by atoms with Crippen molar-refractivity contribution in [2.45, 2.75) is 38.2 Å². The molecule has 1 aromatic carbocycles. The fourth-order valence-electron chi connectivity index (χ4n) is 4.77. The maximum atomic E-state index is 13.3. The molecular formula is C21H26N4O2. The van der Waals surface area contributed by atoms with E-state index in [1.165, 1.54) is 6.20 Å². The molecule has 27 heavy (non-hydrogen) atoms. The molecule has 1 aliphatic heterocycles. The molecular weight excluding hydrogens is 340 g/mol. The molecule has 0 bridgehead atoms. The monoisotopic (exact) mass is 366 g/mol. The minimum atomic E-state index is -0.655. The Morgan fingerprint density at radius 1 is 1.33 bits per heavy atom. The Morgan fingerprint density at radius 3 is 2.85 bits per heavy atom. The molecule has 2 aliphatic rings. The van der Waals surface area contributed by atoms with E-state index in [-0.39, 0.29) is 17.8 Å². The minimum absolute atomic E-state index is 0.0818. The molecule has 0 radical (unpaired) electrons. The van der Waals surface area contributed by atoms with Crippen LogP contribution in [0.15, 0.2) is 36.5 Å². The first-order chi connectivity index (χ1) is 13.0. The number of aliphatic hydroxyl groups is 1. The van der Waals surface area contributed by atoms with Gasteiger partial charge in [-0.3, -0.25) is 4.79 Å². The summed E-state index contributed by atoms with van der Waals surface area (Å²) in [5, 5.41) is 11.0. The van der Waals surface area contributed by atoms with Crippen LogP contribution in [0.1, 0.15) is 43.0 Å². The van der Waals surface area contributed by atoms with Crippen molar-refractivity contribution in [3.05, 3.63) is 42.1 Å². The number of nitrogens with two attached hydrogens (primary N) is 1. The van der Waals surface area contributed by atoms with Gasteiger partial charge in [0.05, 0.1) is 16.9 Å². The summed E-state index contributed by atoms with van der Waals surface area (Å²) in [6.45, 7) is 3.31. The highest BCUT2D eigenvalue weighted by Crippen LogP contribution is 2.44. The summed E-state index contributed by atoms with van der Waals surface area (Å²) in [5.41, 5.74) is 7.01. The van der Waals surface area contributed by atoms with Crippen LogP contribution in [0.5, 0.6) is 0 Å². The summed E-state index contributed by atoms with van der Waals surface area (Å²) in [4.78, 5) is 23.6. The van der Waals surface area contributed by atoms with Crippen LogP contribution in [-0.4, -0.2) is 44.6 Å². The lowest BCUT2D eigenvalue weighted by atomic mass is 9.69. The summed E-state index contributed by atoms with van der Waals surface area (Å²) in [6.07, 6.45) is 5.18. The lowest BCUT2D eigenvalue weighted by Gasteiger charge is -2.40. The number of carbonyl (C=O) groups is 1. The third-order valence-corrected chi connectivity index (χ3v) is 6.30. The van der Waals surface area contributed by atoms with Gasteiger partial charge in [0.15, 0.2) is 0 Å². The van der Waals surface area contributed by atoms with Gasteiger partial charge in [-0.05, 0) is 25.2 Å². The van der Waals surface area contributed by atoms with Gasteiger partial charge in [-0.2, -0.15) is 0 Å². The molecule has 6 nitrogen and oxygen atoms in total. The van der Waals surface area contributed by atoms with Gasteiger partial charge in [0.25, 0.3) is 5.91 Å².